The van der Waals surface area contributed by atoms with Crippen molar-refractivity contribution in [3.05, 3.63) is 40.7 Å². The molecule has 33 heavy (non-hydrogen) atoms. The van der Waals surface area contributed by atoms with Crippen molar-refractivity contribution in [2.24, 2.45) is 0 Å². The lowest BCUT2D eigenvalue weighted by molar-refractivity contribution is -0.125. The molecule has 1 aromatic heterocycles. The Kier molecular flexibility index (Phi) is 6.93. The lowest BCUT2D eigenvalue weighted by Gasteiger charge is -2.26. The zero-order valence-electron chi connectivity index (χ0n) is 17.9. The average Bonchev–Trinajstić information content (AvgIpc) is 3.46. The molecule has 2 fully saturated rings. The monoisotopic (exact) mass is 497 g/mol. The summed E-state index contributed by atoms with van der Waals surface area (Å²) in [4.78, 5) is 31.7. The van der Waals surface area contributed by atoms with Gasteiger partial charge in [0.05, 0.1) is 18.9 Å². The summed E-state index contributed by atoms with van der Waals surface area (Å²) < 4.78 is 46.3. The number of anilines is 1. The maximum absolute atomic E-state index is 14.1. The van der Waals surface area contributed by atoms with Crippen molar-refractivity contribution in [3.8, 4) is 0 Å². The third kappa shape index (κ3) is 4.86. The minimum absolute atomic E-state index is 0.0829. The molecule has 2 aromatic rings. The summed E-state index contributed by atoms with van der Waals surface area (Å²) in [5, 5.41) is 0.699. The molecule has 1 unspecified atom stereocenters. The van der Waals surface area contributed by atoms with Crippen LogP contribution in [0.3, 0.4) is 0 Å². The second-order valence-corrected chi connectivity index (χ2v) is 10.5. The molecule has 1 aromatic carbocycles. The highest BCUT2D eigenvalue weighted by Crippen LogP contribution is 2.28. The number of hydrogen-bond donors (Lipinski definition) is 2. The van der Waals surface area contributed by atoms with Crippen LogP contribution in [0.15, 0.2) is 29.2 Å². The van der Waals surface area contributed by atoms with E-state index in [2.05, 4.69) is 15.8 Å². The number of hydrogen-bond acceptors (Lipinski definition) is 8. The van der Waals surface area contributed by atoms with Gasteiger partial charge in [0.1, 0.15) is 21.6 Å². The Balaban J connectivity index is 1.42. The van der Waals surface area contributed by atoms with Crippen molar-refractivity contribution in [3.63, 3.8) is 0 Å². The number of nitrogens with zero attached hydrogens (tertiary/aromatic N) is 3. The fourth-order valence-corrected chi connectivity index (χ4v) is 6.55. The van der Waals surface area contributed by atoms with Gasteiger partial charge >= 0.3 is 0 Å². The molecular formula is C20H24FN5O5S2. The van der Waals surface area contributed by atoms with Crippen LogP contribution in [0.5, 0.6) is 0 Å². The van der Waals surface area contributed by atoms with Gasteiger partial charge in [-0.05, 0) is 31.9 Å². The Bertz CT molecular complexity index is 1150. The smallest absolute Gasteiger partial charge is 0.281 e. The summed E-state index contributed by atoms with van der Waals surface area (Å²) in [5.74, 6) is -2.11. The Morgan fingerprint density at radius 3 is 2.64 bits per heavy atom. The Hall–Kier alpha value is -2.61. The number of benzene rings is 1. The van der Waals surface area contributed by atoms with E-state index in [1.54, 1.807) is 6.92 Å². The van der Waals surface area contributed by atoms with E-state index in [0.717, 1.165) is 10.4 Å². The van der Waals surface area contributed by atoms with Crippen LogP contribution in [0, 0.1) is 12.7 Å². The molecule has 13 heteroatoms. The lowest BCUT2D eigenvalue weighted by atomic mass is 10.2. The molecule has 178 valence electrons. The molecule has 0 saturated carbocycles. The van der Waals surface area contributed by atoms with Crippen LogP contribution in [-0.2, 0) is 19.6 Å². The van der Waals surface area contributed by atoms with Gasteiger partial charge < -0.3 is 9.64 Å². The highest BCUT2D eigenvalue weighted by Gasteiger charge is 2.40. The maximum Gasteiger partial charge on any atom is 0.281 e. The van der Waals surface area contributed by atoms with Crippen LogP contribution in [0.2, 0.25) is 0 Å². The highest BCUT2D eigenvalue weighted by molar-refractivity contribution is 7.89. The molecule has 0 spiro atoms. The van der Waals surface area contributed by atoms with Gasteiger partial charge in [0.2, 0.25) is 10.0 Å². The fraction of sp³-hybridized carbons (Fsp3) is 0.450. The number of ether oxygens (including phenoxy) is 1. The quantitative estimate of drug-likeness (QED) is 0.592. The molecule has 0 aliphatic carbocycles. The summed E-state index contributed by atoms with van der Waals surface area (Å²) in [6.07, 6.45) is 0.701. The van der Waals surface area contributed by atoms with E-state index in [1.165, 1.54) is 29.5 Å². The molecule has 4 rings (SSSR count). The van der Waals surface area contributed by atoms with Gasteiger partial charge in [0, 0.05) is 19.6 Å². The molecule has 2 aliphatic heterocycles. The Morgan fingerprint density at radius 1 is 1.18 bits per heavy atom. The van der Waals surface area contributed by atoms with Crippen molar-refractivity contribution in [2.75, 3.05) is 37.7 Å². The number of aryl methyl sites for hydroxylation is 1. The largest absolute Gasteiger partial charge is 0.378 e. The summed E-state index contributed by atoms with van der Waals surface area (Å²) in [6.45, 7) is 4.32. The highest BCUT2D eigenvalue weighted by atomic mass is 32.2. The zero-order chi connectivity index (χ0) is 23.6. The molecule has 1 atom stereocenters. The number of hydrazine groups is 1. The van der Waals surface area contributed by atoms with Crippen LogP contribution in [0.4, 0.5) is 9.52 Å². The Morgan fingerprint density at radius 2 is 1.91 bits per heavy atom. The number of morpholine rings is 1. The van der Waals surface area contributed by atoms with E-state index in [4.69, 9.17) is 4.74 Å². The summed E-state index contributed by atoms with van der Waals surface area (Å²) in [7, 11) is -4.21. The number of aromatic nitrogens is 1. The standard InChI is InChI=1S/C20H24FN5O5S2/c1-13-17(32-20(22-13)25-9-11-31-12-10-25)19(28)24-23-18(27)15-6-4-8-26(15)33(29,30)16-7-3-2-5-14(16)21/h2-3,5,7,15H,4,6,8-12H2,1H3,(H,23,27)(H,24,28). The van der Waals surface area contributed by atoms with Gasteiger partial charge in [-0.2, -0.15) is 4.31 Å². The normalized spacial score (nSPS) is 19.5. The fourth-order valence-electron chi connectivity index (χ4n) is 3.81. The number of carbonyl (C=O) groups excluding carboxylic acids is 2. The number of carbonyl (C=O) groups is 2. The van der Waals surface area contributed by atoms with Crippen LogP contribution in [0.1, 0.15) is 28.2 Å². The molecule has 0 radical (unpaired) electrons. The van der Waals surface area contributed by atoms with Gasteiger partial charge in [-0.25, -0.2) is 17.8 Å². The van der Waals surface area contributed by atoms with Crippen molar-refractivity contribution in [1.82, 2.24) is 20.1 Å². The van der Waals surface area contributed by atoms with Crippen LogP contribution in [0.25, 0.3) is 0 Å². The molecule has 2 amide bonds. The number of rotatable bonds is 5. The van der Waals surface area contributed by atoms with E-state index < -0.39 is 38.6 Å². The van der Waals surface area contributed by atoms with Crippen molar-refractivity contribution >= 4 is 38.3 Å². The molecule has 3 heterocycles. The minimum Gasteiger partial charge on any atom is -0.378 e. The minimum atomic E-state index is -4.21. The van der Waals surface area contributed by atoms with E-state index in [0.29, 0.717) is 48.4 Å². The van der Waals surface area contributed by atoms with Gasteiger partial charge in [0.15, 0.2) is 5.13 Å². The number of sulfonamides is 1. The van der Waals surface area contributed by atoms with Gasteiger partial charge in [-0.1, -0.05) is 23.5 Å². The van der Waals surface area contributed by atoms with Crippen LogP contribution >= 0.6 is 11.3 Å². The summed E-state index contributed by atoms with van der Waals surface area (Å²) >= 11 is 1.21. The van der Waals surface area contributed by atoms with E-state index in [9.17, 15) is 22.4 Å². The number of halogens is 1. The number of thiazole rings is 1. The molecule has 0 bridgehead atoms. The topological polar surface area (TPSA) is 121 Å². The third-order valence-corrected chi connectivity index (χ3v) is 8.66. The predicted octanol–water partition coefficient (Wildman–Crippen LogP) is 1.04. The summed E-state index contributed by atoms with van der Waals surface area (Å²) in [5.41, 5.74) is 5.19. The second kappa shape index (κ2) is 9.71. The predicted molar refractivity (Wildman–Crippen MR) is 119 cm³/mol. The third-order valence-electron chi connectivity index (χ3n) is 5.50. The van der Waals surface area contributed by atoms with Gasteiger partial charge in [-0.3, -0.25) is 20.4 Å². The first kappa shape index (κ1) is 23.5. The molecule has 2 N–H and O–H groups in total. The SMILES string of the molecule is Cc1nc(N2CCOCC2)sc1C(=O)NNC(=O)C1CCCN1S(=O)(=O)c1ccccc1F. The Labute approximate surface area is 194 Å². The number of nitrogens with one attached hydrogen (secondary N) is 2. The van der Waals surface area contributed by atoms with E-state index in [-0.39, 0.29) is 13.0 Å². The molecule has 2 aliphatic rings. The van der Waals surface area contributed by atoms with Gasteiger partial charge in [0.25, 0.3) is 11.8 Å². The maximum atomic E-state index is 14.1. The average molecular weight is 498 g/mol. The van der Waals surface area contributed by atoms with Crippen molar-refractivity contribution < 1.29 is 27.1 Å². The van der Waals surface area contributed by atoms with E-state index in [1.807, 2.05) is 4.90 Å². The van der Waals surface area contributed by atoms with Crippen LogP contribution < -0.4 is 15.8 Å². The molecular weight excluding hydrogens is 473 g/mol. The first-order chi connectivity index (χ1) is 15.8. The van der Waals surface area contributed by atoms with Gasteiger partial charge in [-0.15, -0.1) is 0 Å². The first-order valence-electron chi connectivity index (χ1n) is 10.5. The zero-order valence-corrected chi connectivity index (χ0v) is 19.5. The second-order valence-electron chi connectivity index (χ2n) is 7.66. The van der Waals surface area contributed by atoms with Crippen LogP contribution in [-0.4, -0.2) is 68.4 Å². The van der Waals surface area contributed by atoms with E-state index >= 15 is 0 Å². The first-order valence-corrected chi connectivity index (χ1v) is 12.7. The van der Waals surface area contributed by atoms with Crippen molar-refractivity contribution in [2.45, 2.75) is 30.7 Å². The molecule has 10 nitrogen and oxygen atoms in total. The molecule has 2 saturated heterocycles. The number of amides is 2. The summed E-state index contributed by atoms with van der Waals surface area (Å²) in [6, 6.07) is 3.98. The van der Waals surface area contributed by atoms with Crippen molar-refractivity contribution in [1.29, 1.82) is 0 Å². The lowest BCUT2D eigenvalue weighted by Crippen LogP contribution is -2.51.